The molecule has 1 aromatic carbocycles. The fourth-order valence-electron chi connectivity index (χ4n) is 2.01. The molecule has 0 fully saturated rings. The summed E-state index contributed by atoms with van der Waals surface area (Å²) >= 11 is 0. The zero-order valence-corrected chi connectivity index (χ0v) is 11.6. The highest BCUT2D eigenvalue weighted by molar-refractivity contribution is 5.89. The van der Waals surface area contributed by atoms with Gasteiger partial charge in [-0.15, -0.1) is 0 Å². The normalized spacial score (nSPS) is 11.4. The van der Waals surface area contributed by atoms with Crippen LogP contribution < -0.4 is 0 Å². The fraction of sp³-hybridized carbons (Fsp3) is 0.250. The molecule has 0 atom stereocenters. The molecule has 20 heavy (non-hydrogen) atoms. The van der Waals surface area contributed by atoms with Gasteiger partial charge in [-0.2, -0.15) is 0 Å². The van der Waals surface area contributed by atoms with Crippen LogP contribution in [0.4, 0.5) is 4.39 Å². The van der Waals surface area contributed by atoms with Crippen LogP contribution in [-0.2, 0) is 5.41 Å². The van der Waals surface area contributed by atoms with Gasteiger partial charge in [0.1, 0.15) is 5.82 Å². The molecule has 0 aliphatic carbocycles. The minimum Gasteiger partial charge on any atom is -0.478 e. The molecule has 0 bridgehead atoms. The number of pyridine rings is 1. The molecule has 0 aliphatic rings. The Balaban J connectivity index is 2.61. The monoisotopic (exact) mass is 273 g/mol. The molecular weight excluding hydrogens is 257 g/mol. The number of carbonyl (C=O) groups is 1. The summed E-state index contributed by atoms with van der Waals surface area (Å²) in [4.78, 5) is 15.7. The van der Waals surface area contributed by atoms with E-state index in [2.05, 4.69) is 4.98 Å². The van der Waals surface area contributed by atoms with Gasteiger partial charge in [-0.05, 0) is 24.3 Å². The Morgan fingerprint density at radius 2 is 1.90 bits per heavy atom. The molecule has 2 aromatic rings. The Morgan fingerprint density at radius 3 is 2.45 bits per heavy atom. The number of aromatic nitrogens is 1. The predicted octanol–water partition coefficient (Wildman–Crippen LogP) is 3.88. The quantitative estimate of drug-likeness (QED) is 0.903. The molecule has 0 saturated heterocycles. The maximum atomic E-state index is 13.3. The highest BCUT2D eigenvalue weighted by atomic mass is 19.1. The summed E-state index contributed by atoms with van der Waals surface area (Å²) in [6.07, 6.45) is 0. The minimum atomic E-state index is -1.01. The Morgan fingerprint density at radius 1 is 1.20 bits per heavy atom. The zero-order valence-electron chi connectivity index (χ0n) is 11.6. The SMILES string of the molecule is CC(C)(C)c1nc(-c2cccc(F)c2)ccc1C(=O)O. The third-order valence-corrected chi connectivity index (χ3v) is 2.96. The molecule has 2 rings (SSSR count). The standard InChI is InChI=1S/C16H16FNO2/c1-16(2,3)14-12(15(19)20)7-8-13(18-14)10-5-4-6-11(17)9-10/h4-9H,1-3H3,(H,19,20). The third-order valence-electron chi connectivity index (χ3n) is 2.96. The van der Waals surface area contributed by atoms with Gasteiger partial charge in [0.25, 0.3) is 0 Å². The van der Waals surface area contributed by atoms with E-state index >= 15 is 0 Å². The number of hydrogen-bond donors (Lipinski definition) is 1. The van der Waals surface area contributed by atoms with Gasteiger partial charge in [0.2, 0.25) is 0 Å². The maximum Gasteiger partial charge on any atom is 0.337 e. The summed E-state index contributed by atoms with van der Waals surface area (Å²) in [6.45, 7) is 5.70. The molecule has 3 nitrogen and oxygen atoms in total. The third kappa shape index (κ3) is 2.85. The van der Waals surface area contributed by atoms with Crippen molar-refractivity contribution in [2.24, 2.45) is 0 Å². The lowest BCUT2D eigenvalue weighted by Gasteiger charge is -2.21. The van der Waals surface area contributed by atoms with Crippen LogP contribution in [0, 0.1) is 5.82 Å². The van der Waals surface area contributed by atoms with Crippen LogP contribution in [0.25, 0.3) is 11.3 Å². The highest BCUT2D eigenvalue weighted by Gasteiger charge is 2.24. The molecule has 0 radical (unpaired) electrons. The lowest BCUT2D eigenvalue weighted by Crippen LogP contribution is -2.19. The molecule has 0 unspecified atom stereocenters. The minimum absolute atomic E-state index is 0.178. The molecule has 1 heterocycles. The second kappa shape index (κ2) is 5.04. The first kappa shape index (κ1) is 14.2. The van der Waals surface area contributed by atoms with Gasteiger partial charge in [-0.3, -0.25) is 4.98 Å². The number of halogens is 1. The van der Waals surface area contributed by atoms with E-state index in [0.29, 0.717) is 17.0 Å². The topological polar surface area (TPSA) is 50.2 Å². The largest absolute Gasteiger partial charge is 0.478 e. The molecule has 104 valence electrons. The van der Waals surface area contributed by atoms with Gasteiger partial charge < -0.3 is 5.11 Å². The van der Waals surface area contributed by atoms with Crippen molar-refractivity contribution in [3.63, 3.8) is 0 Å². The number of carboxylic acid groups (broad SMARTS) is 1. The molecule has 0 amide bonds. The van der Waals surface area contributed by atoms with Crippen LogP contribution in [-0.4, -0.2) is 16.1 Å². The number of nitrogens with zero attached hydrogens (tertiary/aromatic N) is 1. The summed E-state index contributed by atoms with van der Waals surface area (Å²) < 4.78 is 13.3. The van der Waals surface area contributed by atoms with Crippen molar-refractivity contribution in [2.45, 2.75) is 26.2 Å². The number of aromatic carboxylic acids is 1. The molecule has 0 aliphatic heterocycles. The fourth-order valence-corrected chi connectivity index (χ4v) is 2.01. The van der Waals surface area contributed by atoms with E-state index in [-0.39, 0.29) is 11.4 Å². The van der Waals surface area contributed by atoms with Crippen LogP contribution in [0.15, 0.2) is 36.4 Å². The van der Waals surface area contributed by atoms with E-state index in [1.807, 2.05) is 20.8 Å². The van der Waals surface area contributed by atoms with Gasteiger partial charge in [0, 0.05) is 11.0 Å². The first-order valence-corrected chi connectivity index (χ1v) is 6.30. The summed E-state index contributed by atoms with van der Waals surface area (Å²) in [7, 11) is 0. The van der Waals surface area contributed by atoms with Crippen LogP contribution in [0.3, 0.4) is 0 Å². The summed E-state index contributed by atoms with van der Waals surface area (Å²) in [5, 5.41) is 9.23. The van der Waals surface area contributed by atoms with Crippen LogP contribution in [0.2, 0.25) is 0 Å². The van der Waals surface area contributed by atoms with Gasteiger partial charge in [-0.25, -0.2) is 9.18 Å². The molecular formula is C16H16FNO2. The summed E-state index contributed by atoms with van der Waals surface area (Å²) in [5.41, 5.74) is 1.47. The molecule has 0 spiro atoms. The summed E-state index contributed by atoms with van der Waals surface area (Å²) in [5.74, 6) is -1.35. The lowest BCUT2D eigenvalue weighted by atomic mass is 9.88. The van der Waals surface area contributed by atoms with E-state index in [1.165, 1.54) is 18.2 Å². The second-order valence-electron chi connectivity index (χ2n) is 5.66. The number of benzene rings is 1. The smallest absolute Gasteiger partial charge is 0.337 e. The van der Waals surface area contributed by atoms with Crippen molar-refractivity contribution in [1.29, 1.82) is 0 Å². The van der Waals surface area contributed by atoms with E-state index in [9.17, 15) is 14.3 Å². The molecule has 0 saturated carbocycles. The molecule has 4 heteroatoms. The first-order valence-electron chi connectivity index (χ1n) is 6.30. The van der Waals surface area contributed by atoms with Gasteiger partial charge in [-0.1, -0.05) is 32.9 Å². The number of hydrogen-bond acceptors (Lipinski definition) is 2. The van der Waals surface area contributed by atoms with Crippen LogP contribution in [0.5, 0.6) is 0 Å². The highest BCUT2D eigenvalue weighted by Crippen LogP contribution is 2.27. The van der Waals surface area contributed by atoms with Gasteiger partial charge in [0.15, 0.2) is 0 Å². The summed E-state index contributed by atoms with van der Waals surface area (Å²) in [6, 6.07) is 9.23. The Hall–Kier alpha value is -2.23. The average molecular weight is 273 g/mol. The number of carboxylic acids is 1. The Bertz CT molecular complexity index is 660. The Labute approximate surface area is 117 Å². The van der Waals surface area contributed by atoms with E-state index in [1.54, 1.807) is 18.2 Å². The van der Waals surface area contributed by atoms with E-state index in [4.69, 9.17) is 0 Å². The van der Waals surface area contributed by atoms with Crippen molar-refractivity contribution in [2.75, 3.05) is 0 Å². The van der Waals surface area contributed by atoms with Crippen molar-refractivity contribution in [1.82, 2.24) is 4.98 Å². The lowest BCUT2D eigenvalue weighted by molar-refractivity contribution is 0.0693. The van der Waals surface area contributed by atoms with Crippen LogP contribution >= 0.6 is 0 Å². The van der Waals surface area contributed by atoms with E-state index in [0.717, 1.165) is 0 Å². The Kier molecular flexibility index (Phi) is 3.57. The predicted molar refractivity (Wildman–Crippen MR) is 75.3 cm³/mol. The average Bonchev–Trinajstić information content (AvgIpc) is 2.37. The van der Waals surface area contributed by atoms with Crippen molar-refractivity contribution >= 4 is 5.97 Å². The maximum absolute atomic E-state index is 13.3. The van der Waals surface area contributed by atoms with Crippen molar-refractivity contribution < 1.29 is 14.3 Å². The van der Waals surface area contributed by atoms with Crippen molar-refractivity contribution in [3.05, 3.63) is 53.5 Å². The number of rotatable bonds is 2. The van der Waals surface area contributed by atoms with Crippen LogP contribution in [0.1, 0.15) is 36.8 Å². The first-order chi connectivity index (χ1) is 9.29. The zero-order chi connectivity index (χ0) is 14.9. The van der Waals surface area contributed by atoms with Gasteiger partial charge in [0.05, 0.1) is 17.0 Å². The van der Waals surface area contributed by atoms with Crippen molar-refractivity contribution in [3.8, 4) is 11.3 Å². The molecule has 1 aromatic heterocycles. The van der Waals surface area contributed by atoms with Gasteiger partial charge >= 0.3 is 5.97 Å². The molecule has 1 N–H and O–H groups in total. The second-order valence-corrected chi connectivity index (χ2v) is 5.66. The van der Waals surface area contributed by atoms with E-state index < -0.39 is 11.4 Å².